The second-order valence-corrected chi connectivity index (χ2v) is 5.22. The fourth-order valence-corrected chi connectivity index (χ4v) is 2.87. The lowest BCUT2D eigenvalue weighted by Crippen LogP contribution is -2.28. The first-order chi connectivity index (χ1) is 8.25. The molecule has 6 heteroatoms. The van der Waals surface area contributed by atoms with Crippen molar-refractivity contribution in [2.75, 3.05) is 23.9 Å². The van der Waals surface area contributed by atoms with Gasteiger partial charge in [-0.05, 0) is 12.1 Å². The minimum absolute atomic E-state index is 0.0108. The zero-order valence-corrected chi connectivity index (χ0v) is 10.5. The first kappa shape index (κ1) is 10.9. The van der Waals surface area contributed by atoms with Crippen LogP contribution in [-0.4, -0.2) is 29.2 Å². The van der Waals surface area contributed by atoms with Crippen molar-refractivity contribution in [3.8, 4) is 11.5 Å². The predicted octanol–water partition coefficient (Wildman–Crippen LogP) is 1.82. The smallest absolute Gasteiger partial charge is 0.243 e. The van der Waals surface area contributed by atoms with E-state index < -0.39 is 0 Å². The molecule has 0 bridgehead atoms. The van der Waals surface area contributed by atoms with Crippen molar-refractivity contribution in [3.05, 3.63) is 18.2 Å². The summed E-state index contributed by atoms with van der Waals surface area (Å²) in [7, 11) is 0. The number of carbonyl (C=O) groups excluding carboxylic acids is 1. The average molecular weight is 267 g/mol. The molecule has 1 amide bonds. The molecule has 0 radical (unpaired) electrons. The van der Waals surface area contributed by atoms with Crippen LogP contribution in [0, 0.1) is 0 Å². The van der Waals surface area contributed by atoms with Gasteiger partial charge in [-0.1, -0.05) is 24.0 Å². The Balaban J connectivity index is 1.98. The van der Waals surface area contributed by atoms with Gasteiger partial charge < -0.3 is 9.47 Å². The number of carbonyl (C=O) groups is 1. The third-order valence-corrected chi connectivity index (χ3v) is 3.89. The molecule has 88 valence electrons. The number of thiocarbonyl (C=S) groups is 1. The number of rotatable bonds is 1. The quantitative estimate of drug-likeness (QED) is 0.726. The molecular formula is C11H9NO3S2. The van der Waals surface area contributed by atoms with Gasteiger partial charge in [0.2, 0.25) is 5.91 Å². The molecule has 1 saturated heterocycles. The second kappa shape index (κ2) is 4.19. The average Bonchev–Trinajstić information content (AvgIpc) is 2.68. The minimum atomic E-state index is 0.0108. The van der Waals surface area contributed by atoms with Crippen molar-refractivity contribution in [2.45, 2.75) is 0 Å². The van der Waals surface area contributed by atoms with E-state index in [0.29, 0.717) is 34.8 Å². The Labute approximate surface area is 108 Å². The molecule has 0 aliphatic carbocycles. The molecule has 0 N–H and O–H groups in total. The van der Waals surface area contributed by atoms with Crippen LogP contribution in [0.4, 0.5) is 5.69 Å². The van der Waals surface area contributed by atoms with Gasteiger partial charge in [0.15, 0.2) is 11.5 Å². The molecule has 0 unspecified atom stereocenters. The molecule has 2 aliphatic heterocycles. The van der Waals surface area contributed by atoms with Crippen LogP contribution in [0.5, 0.6) is 11.5 Å². The van der Waals surface area contributed by atoms with Gasteiger partial charge >= 0.3 is 0 Å². The van der Waals surface area contributed by atoms with Crippen LogP contribution in [0.1, 0.15) is 0 Å². The molecule has 17 heavy (non-hydrogen) atoms. The molecule has 0 spiro atoms. The van der Waals surface area contributed by atoms with E-state index in [0.717, 1.165) is 5.69 Å². The van der Waals surface area contributed by atoms with Gasteiger partial charge in [-0.25, -0.2) is 0 Å². The summed E-state index contributed by atoms with van der Waals surface area (Å²) in [6.07, 6.45) is 0. The zero-order chi connectivity index (χ0) is 11.8. The topological polar surface area (TPSA) is 38.8 Å². The molecule has 1 aromatic rings. The van der Waals surface area contributed by atoms with Gasteiger partial charge in [0.1, 0.15) is 17.5 Å². The Morgan fingerprint density at radius 3 is 2.71 bits per heavy atom. The summed E-state index contributed by atoms with van der Waals surface area (Å²) in [5, 5.41) is 0. The Bertz CT molecular complexity index is 487. The number of anilines is 1. The van der Waals surface area contributed by atoms with Gasteiger partial charge in [0, 0.05) is 6.07 Å². The summed E-state index contributed by atoms with van der Waals surface area (Å²) >= 11 is 6.53. The van der Waals surface area contributed by atoms with Gasteiger partial charge in [0.05, 0.1) is 11.4 Å². The van der Waals surface area contributed by atoms with Crippen LogP contribution >= 0.6 is 24.0 Å². The van der Waals surface area contributed by atoms with E-state index in [4.69, 9.17) is 21.7 Å². The third-order valence-electron chi connectivity index (χ3n) is 2.54. The lowest BCUT2D eigenvalue weighted by Gasteiger charge is -2.21. The van der Waals surface area contributed by atoms with Crippen LogP contribution in [0.3, 0.4) is 0 Å². The molecule has 0 saturated carbocycles. The van der Waals surface area contributed by atoms with E-state index in [-0.39, 0.29) is 5.91 Å². The standard InChI is InChI=1S/C11H9NO3S2/c13-10-6-17-11(16)12(10)7-1-2-8-9(5-7)15-4-3-14-8/h1-2,5H,3-4,6H2. The number of amides is 1. The Hall–Kier alpha value is -1.27. The first-order valence-corrected chi connectivity index (χ1v) is 6.54. The third kappa shape index (κ3) is 1.87. The van der Waals surface area contributed by atoms with Crippen molar-refractivity contribution in [2.24, 2.45) is 0 Å². The molecule has 2 aliphatic rings. The van der Waals surface area contributed by atoms with Crippen LogP contribution in [0.15, 0.2) is 18.2 Å². The van der Waals surface area contributed by atoms with Crippen LogP contribution < -0.4 is 14.4 Å². The van der Waals surface area contributed by atoms with Crippen molar-refractivity contribution in [3.63, 3.8) is 0 Å². The molecule has 1 fully saturated rings. The summed E-state index contributed by atoms with van der Waals surface area (Å²) < 4.78 is 11.5. The number of ether oxygens (including phenoxy) is 2. The summed E-state index contributed by atoms with van der Waals surface area (Å²) in [4.78, 5) is 13.2. The Morgan fingerprint density at radius 2 is 2.00 bits per heavy atom. The molecule has 1 aromatic carbocycles. The van der Waals surface area contributed by atoms with Crippen molar-refractivity contribution in [1.29, 1.82) is 0 Å². The van der Waals surface area contributed by atoms with Crippen LogP contribution in [0.2, 0.25) is 0 Å². The Kier molecular flexibility index (Phi) is 2.68. The summed E-state index contributed by atoms with van der Waals surface area (Å²) in [5.41, 5.74) is 0.745. The minimum Gasteiger partial charge on any atom is -0.486 e. The molecule has 0 atom stereocenters. The second-order valence-electron chi connectivity index (χ2n) is 3.61. The molecule has 3 rings (SSSR count). The van der Waals surface area contributed by atoms with Crippen molar-refractivity contribution < 1.29 is 14.3 Å². The highest BCUT2D eigenvalue weighted by Gasteiger charge is 2.29. The SMILES string of the molecule is O=C1CSC(=S)N1c1ccc2c(c1)OCCO2. The highest BCUT2D eigenvalue weighted by atomic mass is 32.2. The zero-order valence-electron chi connectivity index (χ0n) is 8.84. The van der Waals surface area contributed by atoms with E-state index in [9.17, 15) is 4.79 Å². The number of fused-ring (bicyclic) bond motifs is 1. The fraction of sp³-hybridized carbons (Fsp3) is 0.273. The van der Waals surface area contributed by atoms with Gasteiger partial charge in [0.25, 0.3) is 0 Å². The lowest BCUT2D eigenvalue weighted by molar-refractivity contribution is -0.115. The lowest BCUT2D eigenvalue weighted by atomic mass is 10.2. The van der Waals surface area contributed by atoms with E-state index >= 15 is 0 Å². The fourth-order valence-electron chi connectivity index (χ4n) is 1.77. The summed E-state index contributed by atoms with van der Waals surface area (Å²) in [6.45, 7) is 1.09. The monoisotopic (exact) mass is 267 g/mol. The maximum atomic E-state index is 11.7. The first-order valence-electron chi connectivity index (χ1n) is 5.15. The van der Waals surface area contributed by atoms with E-state index in [1.165, 1.54) is 16.7 Å². The van der Waals surface area contributed by atoms with E-state index in [1.807, 2.05) is 12.1 Å². The van der Waals surface area contributed by atoms with E-state index in [1.54, 1.807) is 6.07 Å². The normalized spacial score (nSPS) is 18.7. The molecule has 2 heterocycles. The molecule has 4 nitrogen and oxygen atoms in total. The highest BCUT2D eigenvalue weighted by Crippen LogP contribution is 2.36. The molecular weight excluding hydrogens is 258 g/mol. The van der Waals surface area contributed by atoms with Crippen LogP contribution in [0.25, 0.3) is 0 Å². The number of hydrogen-bond acceptors (Lipinski definition) is 5. The number of nitrogens with zero attached hydrogens (tertiary/aromatic N) is 1. The van der Waals surface area contributed by atoms with Crippen LogP contribution in [-0.2, 0) is 4.79 Å². The van der Waals surface area contributed by atoms with Gasteiger partial charge in [-0.15, -0.1) is 0 Å². The van der Waals surface area contributed by atoms with E-state index in [2.05, 4.69) is 0 Å². The largest absolute Gasteiger partial charge is 0.486 e. The maximum absolute atomic E-state index is 11.7. The van der Waals surface area contributed by atoms with Crippen molar-refractivity contribution >= 4 is 39.9 Å². The number of benzene rings is 1. The highest BCUT2D eigenvalue weighted by molar-refractivity contribution is 8.24. The summed E-state index contributed by atoms with van der Waals surface area (Å²) in [6, 6.07) is 5.43. The van der Waals surface area contributed by atoms with Gasteiger partial charge in [-0.3, -0.25) is 9.69 Å². The number of thioether (sulfide) groups is 1. The predicted molar refractivity (Wildman–Crippen MR) is 70.0 cm³/mol. The molecule has 0 aromatic heterocycles. The Morgan fingerprint density at radius 1 is 1.24 bits per heavy atom. The maximum Gasteiger partial charge on any atom is 0.243 e. The summed E-state index contributed by atoms with van der Waals surface area (Å²) in [5.74, 6) is 1.80. The van der Waals surface area contributed by atoms with Crippen molar-refractivity contribution in [1.82, 2.24) is 0 Å². The van der Waals surface area contributed by atoms with Gasteiger partial charge in [-0.2, -0.15) is 0 Å². The number of hydrogen-bond donors (Lipinski definition) is 0.